The molecule has 0 saturated carbocycles. The summed E-state index contributed by atoms with van der Waals surface area (Å²) >= 11 is 0. The molecular weight excluding hydrogens is 186 g/mol. The molecule has 2 aromatic rings. The summed E-state index contributed by atoms with van der Waals surface area (Å²) in [4.78, 5) is 7.30. The van der Waals surface area contributed by atoms with Crippen LogP contribution in [-0.4, -0.2) is 9.97 Å². The molecule has 0 bridgehead atoms. The maximum atomic E-state index is 4.24. The summed E-state index contributed by atoms with van der Waals surface area (Å²) < 4.78 is 0. The number of hydrogen-bond donors (Lipinski definition) is 2. The quantitative estimate of drug-likeness (QED) is 0.801. The Labute approximate surface area is 89.6 Å². The van der Waals surface area contributed by atoms with Crippen molar-refractivity contribution in [1.82, 2.24) is 9.97 Å². The second-order valence-electron chi connectivity index (χ2n) is 3.70. The lowest BCUT2D eigenvalue weighted by Crippen LogP contribution is -2.01. The number of benzene rings is 1. The normalized spacial score (nSPS) is 10.3. The van der Waals surface area contributed by atoms with Gasteiger partial charge in [0.2, 0.25) is 0 Å². The first kappa shape index (κ1) is 9.77. The molecule has 1 aromatic heterocycles. The first-order chi connectivity index (χ1) is 7.25. The minimum Gasteiger partial charge on any atom is -0.379 e. The van der Waals surface area contributed by atoms with Gasteiger partial charge in [0.15, 0.2) is 0 Å². The molecule has 2 N–H and O–H groups in total. The number of H-pyrrole nitrogens is 1. The van der Waals surface area contributed by atoms with Crippen LogP contribution in [0.5, 0.6) is 0 Å². The Hall–Kier alpha value is -1.77. The van der Waals surface area contributed by atoms with Crippen LogP contribution in [0.1, 0.15) is 17.0 Å². The third-order valence-corrected chi connectivity index (χ3v) is 2.41. The maximum Gasteiger partial charge on any atom is 0.0925 e. The van der Waals surface area contributed by atoms with Crippen LogP contribution < -0.4 is 5.32 Å². The fourth-order valence-corrected chi connectivity index (χ4v) is 1.51. The van der Waals surface area contributed by atoms with Gasteiger partial charge in [0.1, 0.15) is 0 Å². The first-order valence-electron chi connectivity index (χ1n) is 5.05. The van der Waals surface area contributed by atoms with Crippen molar-refractivity contribution in [2.24, 2.45) is 0 Å². The lowest BCUT2D eigenvalue weighted by Gasteiger charge is -2.05. The summed E-state index contributed by atoms with van der Waals surface area (Å²) in [7, 11) is 0. The summed E-state index contributed by atoms with van der Waals surface area (Å²) in [6.07, 6.45) is 1.72. The van der Waals surface area contributed by atoms with Crippen molar-refractivity contribution in [2.45, 2.75) is 20.4 Å². The third-order valence-electron chi connectivity index (χ3n) is 2.41. The van der Waals surface area contributed by atoms with Gasteiger partial charge < -0.3 is 10.3 Å². The smallest absolute Gasteiger partial charge is 0.0925 e. The molecule has 0 aliphatic heterocycles. The molecule has 0 atom stereocenters. The number of nitrogens with one attached hydrogen (secondary N) is 2. The summed E-state index contributed by atoms with van der Waals surface area (Å²) in [6.45, 7) is 4.88. The van der Waals surface area contributed by atoms with Crippen LogP contribution >= 0.6 is 0 Å². The molecule has 0 spiro atoms. The van der Waals surface area contributed by atoms with Gasteiger partial charge in [-0.2, -0.15) is 0 Å². The van der Waals surface area contributed by atoms with E-state index in [1.54, 1.807) is 6.33 Å². The SMILES string of the molecule is Cc1cccc(NCc2nc[nH]c2C)c1. The Morgan fingerprint density at radius 2 is 2.20 bits per heavy atom. The zero-order valence-corrected chi connectivity index (χ0v) is 9.04. The fourth-order valence-electron chi connectivity index (χ4n) is 1.51. The van der Waals surface area contributed by atoms with Crippen molar-refractivity contribution < 1.29 is 0 Å². The standard InChI is InChI=1S/C12H15N3/c1-9-4-3-5-11(6-9)13-7-12-10(2)14-8-15-12/h3-6,8,13H,7H2,1-2H3,(H,14,15). The molecule has 0 radical (unpaired) electrons. The number of aromatic nitrogens is 2. The Bertz CT molecular complexity index is 446. The highest BCUT2D eigenvalue weighted by Crippen LogP contribution is 2.11. The zero-order valence-electron chi connectivity index (χ0n) is 9.04. The van der Waals surface area contributed by atoms with Crippen LogP contribution in [-0.2, 0) is 6.54 Å². The van der Waals surface area contributed by atoms with E-state index in [9.17, 15) is 0 Å². The largest absolute Gasteiger partial charge is 0.379 e. The van der Waals surface area contributed by atoms with Crippen molar-refractivity contribution in [1.29, 1.82) is 0 Å². The van der Waals surface area contributed by atoms with Gasteiger partial charge in [0, 0.05) is 11.4 Å². The Balaban J connectivity index is 2.02. The topological polar surface area (TPSA) is 40.7 Å². The summed E-state index contributed by atoms with van der Waals surface area (Å²) in [5.41, 5.74) is 4.59. The van der Waals surface area contributed by atoms with Gasteiger partial charge in [-0.05, 0) is 31.5 Å². The average molecular weight is 201 g/mol. The highest BCUT2D eigenvalue weighted by atomic mass is 14.9. The number of anilines is 1. The molecule has 78 valence electrons. The van der Waals surface area contributed by atoms with Crippen LogP contribution in [0, 0.1) is 13.8 Å². The Morgan fingerprint density at radius 1 is 1.33 bits per heavy atom. The van der Waals surface area contributed by atoms with E-state index in [2.05, 4.69) is 46.5 Å². The fraction of sp³-hybridized carbons (Fsp3) is 0.250. The van der Waals surface area contributed by atoms with Crippen LogP contribution in [0.2, 0.25) is 0 Å². The van der Waals surface area contributed by atoms with E-state index in [0.29, 0.717) is 0 Å². The monoisotopic (exact) mass is 201 g/mol. The molecule has 1 heterocycles. The van der Waals surface area contributed by atoms with Crippen LogP contribution in [0.3, 0.4) is 0 Å². The summed E-state index contributed by atoms with van der Waals surface area (Å²) in [5.74, 6) is 0. The highest BCUT2D eigenvalue weighted by Gasteiger charge is 1.99. The van der Waals surface area contributed by atoms with Crippen molar-refractivity contribution in [3.8, 4) is 0 Å². The number of aromatic amines is 1. The predicted octanol–water partition coefficient (Wildman–Crippen LogP) is 2.64. The van der Waals surface area contributed by atoms with Gasteiger partial charge in [-0.15, -0.1) is 0 Å². The molecule has 15 heavy (non-hydrogen) atoms. The van der Waals surface area contributed by atoms with Crippen molar-refractivity contribution >= 4 is 5.69 Å². The van der Waals surface area contributed by atoms with E-state index in [4.69, 9.17) is 0 Å². The lowest BCUT2D eigenvalue weighted by atomic mass is 10.2. The number of rotatable bonds is 3. The molecule has 2 rings (SSSR count). The third kappa shape index (κ3) is 2.37. The highest BCUT2D eigenvalue weighted by molar-refractivity contribution is 5.45. The number of nitrogens with zero attached hydrogens (tertiary/aromatic N) is 1. The zero-order chi connectivity index (χ0) is 10.7. The second-order valence-corrected chi connectivity index (χ2v) is 3.70. The van der Waals surface area contributed by atoms with Gasteiger partial charge in [0.25, 0.3) is 0 Å². The van der Waals surface area contributed by atoms with E-state index in [1.165, 1.54) is 5.56 Å². The summed E-state index contributed by atoms with van der Waals surface area (Å²) in [5, 5.41) is 3.35. The molecule has 0 amide bonds. The minimum absolute atomic E-state index is 0.763. The first-order valence-corrected chi connectivity index (χ1v) is 5.05. The van der Waals surface area contributed by atoms with Gasteiger partial charge in [-0.3, -0.25) is 0 Å². The van der Waals surface area contributed by atoms with Gasteiger partial charge in [0.05, 0.1) is 18.6 Å². The number of hydrogen-bond acceptors (Lipinski definition) is 2. The Morgan fingerprint density at radius 3 is 2.87 bits per heavy atom. The van der Waals surface area contributed by atoms with E-state index < -0.39 is 0 Å². The van der Waals surface area contributed by atoms with Crippen LogP contribution in [0.25, 0.3) is 0 Å². The van der Waals surface area contributed by atoms with Gasteiger partial charge in [-0.1, -0.05) is 12.1 Å². The molecule has 0 saturated heterocycles. The van der Waals surface area contributed by atoms with Gasteiger partial charge >= 0.3 is 0 Å². The molecule has 0 fully saturated rings. The van der Waals surface area contributed by atoms with E-state index in [0.717, 1.165) is 23.6 Å². The Kier molecular flexibility index (Phi) is 2.72. The van der Waals surface area contributed by atoms with Crippen molar-refractivity contribution in [3.05, 3.63) is 47.5 Å². The molecule has 0 aliphatic rings. The molecule has 1 aromatic carbocycles. The van der Waals surface area contributed by atoms with Gasteiger partial charge in [-0.25, -0.2) is 4.98 Å². The predicted molar refractivity (Wildman–Crippen MR) is 61.8 cm³/mol. The van der Waals surface area contributed by atoms with Crippen LogP contribution in [0.15, 0.2) is 30.6 Å². The van der Waals surface area contributed by atoms with E-state index >= 15 is 0 Å². The molecule has 3 heteroatoms. The summed E-state index contributed by atoms with van der Waals surface area (Å²) in [6, 6.07) is 8.33. The second kappa shape index (κ2) is 4.17. The maximum absolute atomic E-state index is 4.24. The van der Waals surface area contributed by atoms with Crippen molar-refractivity contribution in [2.75, 3.05) is 5.32 Å². The van der Waals surface area contributed by atoms with Crippen molar-refractivity contribution in [3.63, 3.8) is 0 Å². The minimum atomic E-state index is 0.763. The molecular formula is C12H15N3. The van der Waals surface area contributed by atoms with E-state index in [1.807, 2.05) is 6.92 Å². The molecule has 0 unspecified atom stereocenters. The average Bonchev–Trinajstić information content (AvgIpc) is 2.61. The number of aryl methyl sites for hydroxylation is 2. The van der Waals surface area contributed by atoms with Crippen LogP contribution in [0.4, 0.5) is 5.69 Å². The molecule has 0 aliphatic carbocycles. The lowest BCUT2D eigenvalue weighted by molar-refractivity contribution is 1.05. The number of imidazole rings is 1. The molecule has 3 nitrogen and oxygen atoms in total. The van der Waals surface area contributed by atoms with E-state index in [-0.39, 0.29) is 0 Å².